The second-order valence-electron chi connectivity index (χ2n) is 5.72. The van der Waals surface area contributed by atoms with Gasteiger partial charge in [0.25, 0.3) is 0 Å². The zero-order valence-electron chi connectivity index (χ0n) is 14.0. The van der Waals surface area contributed by atoms with Crippen molar-refractivity contribution < 1.29 is 18.7 Å². The zero-order valence-corrected chi connectivity index (χ0v) is 14.0. The number of aryl methyl sites for hydroxylation is 2. The van der Waals surface area contributed by atoms with Gasteiger partial charge in [-0.25, -0.2) is 14.2 Å². The highest BCUT2D eigenvalue weighted by atomic mass is 19.1. The molecule has 0 aliphatic carbocycles. The molecule has 0 radical (unpaired) electrons. The molecule has 0 spiro atoms. The van der Waals surface area contributed by atoms with Gasteiger partial charge in [-0.3, -0.25) is 9.48 Å². The first-order valence-corrected chi connectivity index (χ1v) is 7.67. The second kappa shape index (κ2) is 6.43. The average molecular weight is 341 g/mol. The van der Waals surface area contributed by atoms with Gasteiger partial charge in [-0.2, -0.15) is 5.10 Å². The minimum absolute atomic E-state index is 0.238. The molecule has 0 N–H and O–H groups in total. The molecular formula is C18H16FN3O3. The standard InChI is InChI=1S/C18H16FN3O3/c1-10-15-8-13(9-20-17(15)22(3)21-10)18(24)25-11(2)16(23)12-4-6-14(19)7-5-12/h4-9,11H,1-3H3/t11-/m0/s1. The van der Waals surface area contributed by atoms with E-state index in [1.807, 2.05) is 6.92 Å². The van der Waals surface area contributed by atoms with Crippen LogP contribution < -0.4 is 0 Å². The number of aromatic nitrogens is 3. The smallest absolute Gasteiger partial charge is 0.340 e. The van der Waals surface area contributed by atoms with Crippen LogP contribution in [0.3, 0.4) is 0 Å². The molecule has 0 aliphatic rings. The minimum Gasteiger partial charge on any atom is -0.451 e. The van der Waals surface area contributed by atoms with Crippen LogP contribution in [0, 0.1) is 12.7 Å². The maximum Gasteiger partial charge on any atom is 0.340 e. The third-order valence-corrected chi connectivity index (χ3v) is 3.88. The maximum absolute atomic E-state index is 12.9. The Hall–Kier alpha value is -3.09. The third-order valence-electron chi connectivity index (χ3n) is 3.88. The number of rotatable bonds is 4. The fraction of sp³-hybridized carbons (Fsp3) is 0.222. The molecule has 3 aromatic rings. The van der Waals surface area contributed by atoms with Crippen LogP contribution in [-0.4, -0.2) is 32.6 Å². The lowest BCUT2D eigenvalue weighted by molar-refractivity contribution is 0.0318. The lowest BCUT2D eigenvalue weighted by Crippen LogP contribution is -2.24. The van der Waals surface area contributed by atoms with E-state index < -0.39 is 23.7 Å². The summed E-state index contributed by atoms with van der Waals surface area (Å²) in [7, 11) is 1.77. The number of fused-ring (bicyclic) bond motifs is 1. The van der Waals surface area contributed by atoms with Gasteiger partial charge in [-0.15, -0.1) is 0 Å². The van der Waals surface area contributed by atoms with E-state index in [9.17, 15) is 14.0 Å². The lowest BCUT2D eigenvalue weighted by Gasteiger charge is -2.12. The van der Waals surface area contributed by atoms with E-state index in [0.29, 0.717) is 5.65 Å². The summed E-state index contributed by atoms with van der Waals surface area (Å²) >= 11 is 0. The molecule has 0 aliphatic heterocycles. The molecule has 2 heterocycles. The zero-order chi connectivity index (χ0) is 18.1. The van der Waals surface area contributed by atoms with Gasteiger partial charge in [0.2, 0.25) is 5.78 Å². The number of nitrogens with zero attached hydrogens (tertiary/aromatic N) is 3. The quantitative estimate of drug-likeness (QED) is 0.539. The Morgan fingerprint density at radius 2 is 1.88 bits per heavy atom. The predicted molar refractivity (Wildman–Crippen MR) is 88.9 cm³/mol. The Bertz CT molecular complexity index is 964. The molecule has 25 heavy (non-hydrogen) atoms. The summed E-state index contributed by atoms with van der Waals surface area (Å²) in [5.41, 5.74) is 1.92. The Labute approximate surface area is 143 Å². The SMILES string of the molecule is Cc1nn(C)c2ncc(C(=O)O[C@@H](C)C(=O)c3ccc(F)cc3)cc12. The van der Waals surface area contributed by atoms with Crippen LogP contribution in [0.1, 0.15) is 33.3 Å². The Kier molecular flexibility index (Phi) is 4.31. The molecule has 0 bridgehead atoms. The molecule has 1 aromatic carbocycles. The molecule has 3 rings (SSSR count). The van der Waals surface area contributed by atoms with Crippen molar-refractivity contribution in [2.75, 3.05) is 0 Å². The molecule has 1 atom stereocenters. The molecule has 7 heteroatoms. The van der Waals surface area contributed by atoms with Crippen LogP contribution in [0.15, 0.2) is 36.5 Å². The van der Waals surface area contributed by atoms with Gasteiger partial charge < -0.3 is 4.74 Å². The van der Waals surface area contributed by atoms with Crippen molar-refractivity contribution in [2.45, 2.75) is 20.0 Å². The number of pyridine rings is 1. The van der Waals surface area contributed by atoms with Crippen LogP contribution in [0.4, 0.5) is 4.39 Å². The summed E-state index contributed by atoms with van der Waals surface area (Å²) in [5, 5.41) is 4.99. The van der Waals surface area contributed by atoms with Crippen molar-refractivity contribution in [1.29, 1.82) is 0 Å². The van der Waals surface area contributed by atoms with Gasteiger partial charge in [0.05, 0.1) is 11.3 Å². The predicted octanol–water partition coefficient (Wildman–Crippen LogP) is 2.84. The molecule has 6 nitrogen and oxygen atoms in total. The number of Topliss-reactive ketones (excluding diaryl/α,β-unsaturated/α-hetero) is 1. The number of benzene rings is 1. The highest BCUT2D eigenvalue weighted by Gasteiger charge is 2.21. The molecule has 0 fully saturated rings. The van der Waals surface area contributed by atoms with Crippen molar-refractivity contribution in [1.82, 2.24) is 14.8 Å². The van der Waals surface area contributed by atoms with Crippen LogP contribution in [-0.2, 0) is 11.8 Å². The van der Waals surface area contributed by atoms with Crippen molar-refractivity contribution in [3.63, 3.8) is 0 Å². The first kappa shape index (κ1) is 16.8. The average Bonchev–Trinajstić information content (AvgIpc) is 2.88. The summed E-state index contributed by atoms with van der Waals surface area (Å²) in [4.78, 5) is 28.8. The van der Waals surface area contributed by atoms with E-state index >= 15 is 0 Å². The van der Waals surface area contributed by atoms with E-state index in [-0.39, 0.29) is 11.1 Å². The van der Waals surface area contributed by atoms with Gasteiger partial charge in [0.1, 0.15) is 5.82 Å². The van der Waals surface area contributed by atoms with Crippen LogP contribution in [0.25, 0.3) is 11.0 Å². The number of carbonyl (C=O) groups is 2. The number of hydrogen-bond acceptors (Lipinski definition) is 5. The van der Waals surface area contributed by atoms with Crippen LogP contribution in [0.2, 0.25) is 0 Å². The summed E-state index contributed by atoms with van der Waals surface area (Å²) in [6, 6.07) is 6.72. The van der Waals surface area contributed by atoms with Crippen molar-refractivity contribution in [2.24, 2.45) is 7.05 Å². The number of carbonyl (C=O) groups excluding carboxylic acids is 2. The van der Waals surface area contributed by atoms with Crippen LogP contribution in [0.5, 0.6) is 0 Å². The van der Waals surface area contributed by atoms with Gasteiger partial charge in [0.15, 0.2) is 11.8 Å². The van der Waals surface area contributed by atoms with Gasteiger partial charge in [0, 0.05) is 24.2 Å². The highest BCUT2D eigenvalue weighted by molar-refractivity contribution is 6.01. The molecule has 0 saturated carbocycles. The Balaban J connectivity index is 1.78. The largest absolute Gasteiger partial charge is 0.451 e. The van der Waals surface area contributed by atoms with Crippen molar-refractivity contribution >= 4 is 22.8 Å². The molecular weight excluding hydrogens is 325 g/mol. The number of halogens is 1. The topological polar surface area (TPSA) is 74.1 Å². The normalized spacial score (nSPS) is 12.2. The van der Waals surface area contributed by atoms with Gasteiger partial charge >= 0.3 is 5.97 Å². The third kappa shape index (κ3) is 3.26. The Morgan fingerprint density at radius 1 is 1.20 bits per heavy atom. The van der Waals surface area contributed by atoms with Gasteiger partial charge in [-0.1, -0.05) is 0 Å². The number of esters is 1. The summed E-state index contributed by atoms with van der Waals surface area (Å²) in [5.74, 6) is -1.49. The minimum atomic E-state index is -0.997. The summed E-state index contributed by atoms with van der Waals surface area (Å²) in [6.07, 6.45) is 0.393. The van der Waals surface area contributed by atoms with E-state index in [4.69, 9.17) is 4.74 Å². The van der Waals surface area contributed by atoms with E-state index in [2.05, 4.69) is 10.1 Å². The first-order chi connectivity index (χ1) is 11.9. The first-order valence-electron chi connectivity index (χ1n) is 7.67. The number of ether oxygens (including phenoxy) is 1. The molecule has 0 saturated heterocycles. The van der Waals surface area contributed by atoms with E-state index in [0.717, 1.165) is 11.1 Å². The molecule has 128 valence electrons. The fourth-order valence-electron chi connectivity index (χ4n) is 2.55. The maximum atomic E-state index is 12.9. The molecule has 0 unspecified atom stereocenters. The summed E-state index contributed by atoms with van der Waals surface area (Å²) in [6.45, 7) is 3.30. The molecule has 0 amide bonds. The molecule has 2 aromatic heterocycles. The van der Waals surface area contributed by atoms with E-state index in [1.54, 1.807) is 17.8 Å². The Morgan fingerprint density at radius 3 is 2.56 bits per heavy atom. The second-order valence-corrected chi connectivity index (χ2v) is 5.72. The lowest BCUT2D eigenvalue weighted by atomic mass is 10.1. The van der Waals surface area contributed by atoms with E-state index in [1.165, 1.54) is 37.4 Å². The van der Waals surface area contributed by atoms with Gasteiger partial charge in [-0.05, 0) is 44.2 Å². The number of ketones is 1. The fourth-order valence-corrected chi connectivity index (χ4v) is 2.55. The van der Waals surface area contributed by atoms with Crippen molar-refractivity contribution in [3.8, 4) is 0 Å². The number of hydrogen-bond donors (Lipinski definition) is 0. The highest BCUT2D eigenvalue weighted by Crippen LogP contribution is 2.18. The monoisotopic (exact) mass is 341 g/mol. The summed E-state index contributed by atoms with van der Waals surface area (Å²) < 4.78 is 19.8. The van der Waals surface area contributed by atoms with Crippen LogP contribution >= 0.6 is 0 Å². The van der Waals surface area contributed by atoms with Crippen molar-refractivity contribution in [3.05, 3.63) is 59.2 Å².